The van der Waals surface area contributed by atoms with Gasteiger partial charge in [0.1, 0.15) is 16.6 Å². The second-order valence-electron chi connectivity index (χ2n) is 5.06. The summed E-state index contributed by atoms with van der Waals surface area (Å²) >= 11 is 5.01. The molecule has 0 saturated carbocycles. The molecule has 0 amide bonds. The van der Waals surface area contributed by atoms with E-state index in [0.29, 0.717) is 4.99 Å². The standard InChI is InChI=1S/C16H19N3OS/c1-10(2)20-14-6-4-13(5-7-14)19-15-9-12(16(17)21)8-11(3)18-15/h4-10H,1-3H3,(H2,17,21)(H,18,19). The van der Waals surface area contributed by atoms with E-state index >= 15 is 0 Å². The highest BCUT2D eigenvalue weighted by molar-refractivity contribution is 7.80. The Kier molecular flexibility index (Phi) is 4.75. The van der Waals surface area contributed by atoms with E-state index in [0.717, 1.165) is 28.5 Å². The number of ether oxygens (including phenoxy) is 1. The van der Waals surface area contributed by atoms with E-state index in [1.165, 1.54) is 0 Å². The Bertz CT molecular complexity index is 638. The van der Waals surface area contributed by atoms with E-state index in [2.05, 4.69) is 10.3 Å². The van der Waals surface area contributed by atoms with E-state index in [4.69, 9.17) is 22.7 Å². The fourth-order valence-corrected chi connectivity index (χ4v) is 2.03. The van der Waals surface area contributed by atoms with Crippen LogP contribution < -0.4 is 15.8 Å². The first-order chi connectivity index (χ1) is 9.94. The molecule has 1 heterocycles. The van der Waals surface area contributed by atoms with Crippen LogP contribution in [-0.4, -0.2) is 16.1 Å². The van der Waals surface area contributed by atoms with Crippen LogP contribution in [0.4, 0.5) is 11.5 Å². The lowest BCUT2D eigenvalue weighted by molar-refractivity contribution is 0.242. The molecule has 2 rings (SSSR count). The van der Waals surface area contributed by atoms with Gasteiger partial charge in [0.2, 0.25) is 0 Å². The maximum absolute atomic E-state index is 5.67. The normalized spacial score (nSPS) is 10.5. The number of thiocarbonyl (C=S) groups is 1. The van der Waals surface area contributed by atoms with E-state index in [-0.39, 0.29) is 6.10 Å². The SMILES string of the molecule is Cc1cc(C(N)=S)cc(Nc2ccc(OC(C)C)cc2)n1. The maximum Gasteiger partial charge on any atom is 0.131 e. The fraction of sp³-hybridized carbons (Fsp3) is 0.250. The highest BCUT2D eigenvalue weighted by Crippen LogP contribution is 2.20. The van der Waals surface area contributed by atoms with Gasteiger partial charge in [-0.2, -0.15) is 0 Å². The van der Waals surface area contributed by atoms with Crippen molar-refractivity contribution in [2.24, 2.45) is 5.73 Å². The second-order valence-corrected chi connectivity index (χ2v) is 5.50. The van der Waals surface area contributed by atoms with Gasteiger partial charge in [0.25, 0.3) is 0 Å². The summed E-state index contributed by atoms with van der Waals surface area (Å²) in [5.41, 5.74) is 8.27. The first-order valence-corrected chi connectivity index (χ1v) is 7.17. The molecule has 0 aliphatic heterocycles. The summed E-state index contributed by atoms with van der Waals surface area (Å²) in [5.74, 6) is 1.56. The average molecular weight is 301 g/mol. The molecule has 3 N–H and O–H groups in total. The van der Waals surface area contributed by atoms with E-state index < -0.39 is 0 Å². The number of hydrogen-bond acceptors (Lipinski definition) is 4. The minimum atomic E-state index is 0.162. The molecule has 0 bridgehead atoms. The van der Waals surface area contributed by atoms with Crippen LogP contribution in [0, 0.1) is 6.92 Å². The fourth-order valence-electron chi connectivity index (χ4n) is 1.91. The monoisotopic (exact) mass is 301 g/mol. The third kappa shape index (κ3) is 4.43. The van der Waals surface area contributed by atoms with Crippen molar-refractivity contribution in [3.63, 3.8) is 0 Å². The Hall–Kier alpha value is -2.14. The number of anilines is 2. The van der Waals surface area contributed by atoms with Crippen LogP contribution in [0.1, 0.15) is 25.1 Å². The molecule has 0 saturated heterocycles. The molecular formula is C16H19N3OS. The number of nitrogens with two attached hydrogens (primary N) is 1. The van der Waals surface area contributed by atoms with Crippen molar-refractivity contribution >= 4 is 28.7 Å². The van der Waals surface area contributed by atoms with Crippen LogP contribution in [0.25, 0.3) is 0 Å². The van der Waals surface area contributed by atoms with Gasteiger partial charge in [-0.3, -0.25) is 0 Å². The van der Waals surface area contributed by atoms with Crippen molar-refractivity contribution in [3.05, 3.63) is 47.7 Å². The molecule has 1 aromatic carbocycles. The molecular weight excluding hydrogens is 282 g/mol. The van der Waals surface area contributed by atoms with Gasteiger partial charge in [0.15, 0.2) is 0 Å². The predicted octanol–water partition coefficient (Wildman–Crippen LogP) is 3.56. The summed E-state index contributed by atoms with van der Waals surface area (Å²) in [6.07, 6.45) is 0.162. The smallest absolute Gasteiger partial charge is 0.131 e. The Morgan fingerprint density at radius 1 is 1.24 bits per heavy atom. The predicted molar refractivity (Wildman–Crippen MR) is 90.4 cm³/mol. The van der Waals surface area contributed by atoms with Crippen LogP contribution in [0.3, 0.4) is 0 Å². The molecule has 4 nitrogen and oxygen atoms in total. The van der Waals surface area contributed by atoms with Crippen molar-refractivity contribution in [2.45, 2.75) is 26.9 Å². The Morgan fingerprint density at radius 2 is 1.90 bits per heavy atom. The quantitative estimate of drug-likeness (QED) is 0.827. The lowest BCUT2D eigenvalue weighted by Crippen LogP contribution is -2.10. The summed E-state index contributed by atoms with van der Waals surface area (Å²) in [7, 11) is 0. The van der Waals surface area contributed by atoms with E-state index in [9.17, 15) is 0 Å². The van der Waals surface area contributed by atoms with Gasteiger partial charge in [-0.15, -0.1) is 0 Å². The molecule has 1 aromatic heterocycles. The second kappa shape index (κ2) is 6.54. The van der Waals surface area contributed by atoms with Gasteiger partial charge in [0, 0.05) is 16.9 Å². The summed E-state index contributed by atoms with van der Waals surface area (Å²) in [6, 6.07) is 11.4. The zero-order chi connectivity index (χ0) is 15.4. The summed E-state index contributed by atoms with van der Waals surface area (Å²) in [4.78, 5) is 4.79. The highest BCUT2D eigenvalue weighted by Gasteiger charge is 2.04. The molecule has 0 atom stereocenters. The number of aryl methyl sites for hydroxylation is 1. The van der Waals surface area contributed by atoms with Crippen LogP contribution in [0.15, 0.2) is 36.4 Å². The summed E-state index contributed by atoms with van der Waals surface area (Å²) < 4.78 is 5.61. The van der Waals surface area contributed by atoms with Gasteiger partial charge < -0.3 is 15.8 Å². The molecule has 5 heteroatoms. The number of benzene rings is 1. The van der Waals surface area contributed by atoms with Gasteiger partial charge in [0.05, 0.1) is 6.10 Å². The molecule has 0 unspecified atom stereocenters. The molecule has 2 aromatic rings. The first-order valence-electron chi connectivity index (χ1n) is 6.76. The van der Waals surface area contributed by atoms with Crippen molar-refractivity contribution in [3.8, 4) is 5.75 Å². The minimum Gasteiger partial charge on any atom is -0.491 e. The minimum absolute atomic E-state index is 0.162. The summed E-state index contributed by atoms with van der Waals surface area (Å²) in [6.45, 7) is 5.91. The van der Waals surface area contributed by atoms with Gasteiger partial charge in [-0.05, 0) is 57.2 Å². The topological polar surface area (TPSA) is 60.2 Å². The number of nitrogens with one attached hydrogen (secondary N) is 1. The lowest BCUT2D eigenvalue weighted by Gasteiger charge is -2.11. The Labute approximate surface area is 130 Å². The van der Waals surface area contributed by atoms with Crippen LogP contribution in [-0.2, 0) is 0 Å². The van der Waals surface area contributed by atoms with Gasteiger partial charge in [-0.25, -0.2) is 4.98 Å². The van der Waals surface area contributed by atoms with Crippen LogP contribution in [0.2, 0.25) is 0 Å². The third-order valence-electron chi connectivity index (χ3n) is 2.74. The third-order valence-corrected chi connectivity index (χ3v) is 2.97. The zero-order valence-electron chi connectivity index (χ0n) is 12.4. The average Bonchev–Trinajstić information content (AvgIpc) is 2.39. The van der Waals surface area contributed by atoms with E-state index in [1.807, 2.05) is 57.2 Å². The first kappa shape index (κ1) is 15.3. The molecule has 21 heavy (non-hydrogen) atoms. The van der Waals surface area contributed by atoms with Crippen molar-refractivity contribution < 1.29 is 4.74 Å². The largest absolute Gasteiger partial charge is 0.491 e. The van der Waals surface area contributed by atoms with E-state index in [1.54, 1.807) is 0 Å². The Balaban J connectivity index is 2.16. The van der Waals surface area contributed by atoms with Crippen molar-refractivity contribution in [2.75, 3.05) is 5.32 Å². The van der Waals surface area contributed by atoms with Crippen LogP contribution >= 0.6 is 12.2 Å². The maximum atomic E-state index is 5.67. The number of nitrogens with zero attached hydrogens (tertiary/aromatic N) is 1. The molecule has 110 valence electrons. The molecule has 0 aliphatic carbocycles. The molecule has 0 fully saturated rings. The molecule has 0 aliphatic rings. The van der Waals surface area contributed by atoms with Crippen LogP contribution in [0.5, 0.6) is 5.75 Å². The number of rotatable bonds is 5. The number of aromatic nitrogens is 1. The summed E-state index contributed by atoms with van der Waals surface area (Å²) in [5, 5.41) is 3.24. The van der Waals surface area contributed by atoms with Crippen molar-refractivity contribution in [1.29, 1.82) is 0 Å². The Morgan fingerprint density at radius 3 is 2.48 bits per heavy atom. The lowest BCUT2D eigenvalue weighted by atomic mass is 10.2. The van der Waals surface area contributed by atoms with Crippen molar-refractivity contribution in [1.82, 2.24) is 4.98 Å². The highest BCUT2D eigenvalue weighted by atomic mass is 32.1. The molecule has 0 radical (unpaired) electrons. The van der Waals surface area contributed by atoms with Gasteiger partial charge >= 0.3 is 0 Å². The number of hydrogen-bond donors (Lipinski definition) is 2. The van der Waals surface area contributed by atoms with Gasteiger partial charge in [-0.1, -0.05) is 12.2 Å². The molecule has 0 spiro atoms. The zero-order valence-corrected chi connectivity index (χ0v) is 13.2. The number of pyridine rings is 1.